The van der Waals surface area contributed by atoms with E-state index in [4.69, 9.17) is 9.47 Å². The van der Waals surface area contributed by atoms with Gasteiger partial charge in [-0.25, -0.2) is 0 Å². The second-order valence-corrected chi connectivity index (χ2v) is 9.80. The third-order valence-electron chi connectivity index (χ3n) is 4.80. The predicted molar refractivity (Wildman–Crippen MR) is 127 cm³/mol. The average Bonchev–Trinajstić information content (AvgIpc) is 2.66. The molecular formula is C26H40N2O2+2. The number of allylic oxidation sites excluding steroid dienone is 1. The Hall–Kier alpha value is -2.30. The highest BCUT2D eigenvalue weighted by Gasteiger charge is 2.09. The van der Waals surface area contributed by atoms with Gasteiger partial charge in [0.2, 0.25) is 0 Å². The van der Waals surface area contributed by atoms with Gasteiger partial charge in [0.25, 0.3) is 0 Å². The fourth-order valence-electron chi connectivity index (χ4n) is 2.94. The molecule has 164 valence electrons. The lowest BCUT2D eigenvalue weighted by atomic mass is 9.97. The third kappa shape index (κ3) is 8.60. The first-order valence-electron chi connectivity index (χ1n) is 10.8. The summed E-state index contributed by atoms with van der Waals surface area (Å²) >= 11 is 0. The molecule has 0 saturated heterocycles. The van der Waals surface area contributed by atoms with Crippen LogP contribution in [0.2, 0.25) is 0 Å². The van der Waals surface area contributed by atoms with Crippen LogP contribution in [0.25, 0.3) is 5.57 Å². The lowest BCUT2D eigenvalue weighted by Gasteiger charge is -2.23. The Balaban J connectivity index is 2.04. The quantitative estimate of drug-likeness (QED) is 0.498. The van der Waals surface area contributed by atoms with E-state index in [0.717, 1.165) is 53.2 Å². The van der Waals surface area contributed by atoms with Crippen LogP contribution in [0.1, 0.15) is 24.5 Å². The van der Waals surface area contributed by atoms with E-state index in [1.54, 1.807) is 0 Å². The highest BCUT2D eigenvalue weighted by atomic mass is 16.5. The van der Waals surface area contributed by atoms with Crippen molar-refractivity contribution in [3.63, 3.8) is 0 Å². The van der Waals surface area contributed by atoms with Crippen molar-refractivity contribution in [3.8, 4) is 11.5 Å². The zero-order chi connectivity index (χ0) is 22.2. The molecule has 0 spiro atoms. The Bertz CT molecular complexity index is 729. The zero-order valence-corrected chi connectivity index (χ0v) is 19.9. The van der Waals surface area contributed by atoms with Crippen LogP contribution < -0.4 is 9.47 Å². The number of rotatable bonds is 11. The molecule has 0 aromatic heterocycles. The van der Waals surface area contributed by atoms with Crippen LogP contribution >= 0.6 is 0 Å². The molecule has 0 bridgehead atoms. The molecule has 0 heterocycles. The highest BCUT2D eigenvalue weighted by Crippen LogP contribution is 2.27. The second kappa shape index (κ2) is 10.6. The molecular weight excluding hydrogens is 372 g/mol. The zero-order valence-electron chi connectivity index (χ0n) is 19.9. The molecule has 0 atom stereocenters. The van der Waals surface area contributed by atoms with Crippen molar-refractivity contribution < 1.29 is 18.4 Å². The van der Waals surface area contributed by atoms with E-state index in [1.807, 2.05) is 0 Å². The van der Waals surface area contributed by atoms with Gasteiger partial charge in [-0.15, -0.1) is 0 Å². The molecule has 30 heavy (non-hydrogen) atoms. The van der Waals surface area contributed by atoms with Crippen molar-refractivity contribution >= 4 is 5.57 Å². The van der Waals surface area contributed by atoms with Crippen LogP contribution in [0, 0.1) is 0 Å². The van der Waals surface area contributed by atoms with Crippen LogP contribution in [0.5, 0.6) is 11.5 Å². The topological polar surface area (TPSA) is 18.5 Å². The number of likely N-dealkylation sites (N-methyl/N-ethyl adjacent to an activating group) is 2. The summed E-state index contributed by atoms with van der Waals surface area (Å²) in [5, 5.41) is 0. The Morgan fingerprint density at radius 1 is 0.667 bits per heavy atom. The summed E-state index contributed by atoms with van der Waals surface area (Å²) < 4.78 is 13.6. The van der Waals surface area contributed by atoms with Crippen molar-refractivity contribution in [1.82, 2.24) is 0 Å². The van der Waals surface area contributed by atoms with Crippen LogP contribution in [-0.2, 0) is 0 Å². The molecule has 4 nitrogen and oxygen atoms in total. The molecule has 2 aromatic rings. The molecule has 2 aromatic carbocycles. The van der Waals surface area contributed by atoms with Gasteiger partial charge in [0, 0.05) is 0 Å². The van der Waals surface area contributed by atoms with Gasteiger partial charge >= 0.3 is 0 Å². The molecule has 0 amide bonds. The summed E-state index contributed by atoms with van der Waals surface area (Å²) in [6, 6.07) is 16.9. The van der Waals surface area contributed by atoms with Crippen molar-refractivity contribution in [1.29, 1.82) is 0 Å². The van der Waals surface area contributed by atoms with Crippen LogP contribution in [0.15, 0.2) is 54.6 Å². The summed E-state index contributed by atoms with van der Waals surface area (Å²) in [5.41, 5.74) is 3.65. The van der Waals surface area contributed by atoms with E-state index in [-0.39, 0.29) is 0 Å². The van der Waals surface area contributed by atoms with Gasteiger partial charge in [-0.2, -0.15) is 0 Å². The first kappa shape index (κ1) is 24.0. The molecule has 0 aliphatic rings. The minimum atomic E-state index is 0.718. The number of hydrogen-bond acceptors (Lipinski definition) is 2. The third-order valence-corrected chi connectivity index (χ3v) is 4.80. The monoisotopic (exact) mass is 412 g/mol. The maximum atomic E-state index is 5.91. The van der Waals surface area contributed by atoms with Gasteiger partial charge in [0.1, 0.15) is 37.8 Å². The van der Waals surface area contributed by atoms with Crippen molar-refractivity contribution in [3.05, 3.63) is 65.7 Å². The summed E-state index contributed by atoms with van der Waals surface area (Å²) in [7, 11) is 13.1. The van der Waals surface area contributed by atoms with E-state index in [2.05, 4.69) is 104 Å². The molecule has 0 radical (unpaired) electrons. The molecule has 4 heteroatoms. The van der Waals surface area contributed by atoms with E-state index >= 15 is 0 Å². The number of ether oxygens (including phenoxy) is 2. The van der Waals surface area contributed by atoms with Gasteiger partial charge in [-0.1, -0.05) is 37.3 Å². The van der Waals surface area contributed by atoms with Gasteiger partial charge in [-0.3, -0.25) is 0 Å². The van der Waals surface area contributed by atoms with Crippen LogP contribution in [0.3, 0.4) is 0 Å². The normalized spacial score (nSPS) is 11.8. The lowest BCUT2D eigenvalue weighted by molar-refractivity contribution is -0.870. The molecule has 0 saturated carbocycles. The Morgan fingerprint density at radius 2 is 1.03 bits per heavy atom. The lowest BCUT2D eigenvalue weighted by Crippen LogP contribution is -2.38. The van der Waals surface area contributed by atoms with Crippen molar-refractivity contribution in [2.75, 3.05) is 68.6 Å². The van der Waals surface area contributed by atoms with E-state index in [9.17, 15) is 0 Å². The fourth-order valence-corrected chi connectivity index (χ4v) is 2.94. The number of nitrogens with zero attached hydrogens (tertiary/aromatic N) is 2. The van der Waals surface area contributed by atoms with Gasteiger partial charge in [-0.05, 0) is 47.4 Å². The summed E-state index contributed by atoms with van der Waals surface area (Å²) in [5.74, 6) is 1.84. The molecule has 0 fully saturated rings. The Kier molecular flexibility index (Phi) is 8.51. The Morgan fingerprint density at radius 3 is 1.33 bits per heavy atom. The SMILES string of the molecule is CCC=C(c1ccc(OCC[N+](C)(C)C)cc1)c1ccc(OCC[N+](C)(C)C)cc1. The molecule has 2 rings (SSSR count). The summed E-state index contributed by atoms with van der Waals surface area (Å²) in [6.45, 7) is 5.56. The first-order chi connectivity index (χ1) is 14.1. The average molecular weight is 413 g/mol. The molecule has 0 aliphatic carbocycles. The van der Waals surface area contributed by atoms with E-state index in [1.165, 1.54) is 16.7 Å². The minimum absolute atomic E-state index is 0.718. The van der Waals surface area contributed by atoms with Crippen LogP contribution in [0.4, 0.5) is 0 Å². The summed E-state index contributed by atoms with van der Waals surface area (Å²) in [6.07, 6.45) is 3.26. The molecule has 0 aliphatic heterocycles. The fraction of sp³-hybridized carbons (Fsp3) is 0.462. The molecule has 0 unspecified atom stereocenters. The first-order valence-corrected chi connectivity index (χ1v) is 10.8. The predicted octanol–water partition coefficient (Wildman–Crippen LogP) is 4.70. The smallest absolute Gasteiger partial charge is 0.137 e. The van der Waals surface area contributed by atoms with E-state index < -0.39 is 0 Å². The number of hydrogen-bond donors (Lipinski definition) is 0. The van der Waals surface area contributed by atoms with Crippen molar-refractivity contribution in [2.45, 2.75) is 13.3 Å². The largest absolute Gasteiger partial charge is 0.488 e. The highest BCUT2D eigenvalue weighted by molar-refractivity contribution is 5.80. The number of benzene rings is 2. The second-order valence-electron chi connectivity index (χ2n) is 9.80. The van der Waals surface area contributed by atoms with Crippen LogP contribution in [-0.4, -0.2) is 77.6 Å². The van der Waals surface area contributed by atoms with E-state index in [0.29, 0.717) is 0 Å². The van der Waals surface area contributed by atoms with Gasteiger partial charge < -0.3 is 18.4 Å². The standard InChI is InChI=1S/C26H40N2O2/c1-8-9-26(22-10-14-24(15-11-22)29-20-18-27(2,3)4)23-12-16-25(17-13-23)30-21-19-28(5,6)7/h9-17H,8,18-21H2,1-7H3/q+2. The maximum absolute atomic E-state index is 5.91. The number of quaternary nitrogens is 2. The van der Waals surface area contributed by atoms with Gasteiger partial charge in [0.05, 0.1) is 42.3 Å². The Labute approximate surface area is 183 Å². The van der Waals surface area contributed by atoms with Crippen molar-refractivity contribution in [2.24, 2.45) is 0 Å². The van der Waals surface area contributed by atoms with Gasteiger partial charge in [0.15, 0.2) is 0 Å². The summed E-state index contributed by atoms with van der Waals surface area (Å²) in [4.78, 5) is 0. The minimum Gasteiger partial charge on any atom is -0.488 e. The maximum Gasteiger partial charge on any atom is 0.137 e. The molecule has 0 N–H and O–H groups in total.